The molecule has 1 aromatic carbocycles. The van der Waals surface area contributed by atoms with Crippen molar-refractivity contribution in [3.05, 3.63) is 29.3 Å². The number of hydrogen-bond acceptors (Lipinski definition) is 2. The topological polar surface area (TPSA) is 21.3 Å². The fourth-order valence-corrected chi connectivity index (χ4v) is 2.35. The number of rotatable bonds is 3. The minimum absolute atomic E-state index is 0.0419. The number of benzene rings is 1. The van der Waals surface area contributed by atoms with Crippen molar-refractivity contribution < 1.29 is 4.74 Å². The van der Waals surface area contributed by atoms with Gasteiger partial charge in [0.15, 0.2) is 0 Å². The second kappa shape index (κ2) is 4.58. The van der Waals surface area contributed by atoms with E-state index in [0.717, 1.165) is 25.3 Å². The molecule has 2 heteroatoms. The molecule has 0 radical (unpaired) electrons. The second-order valence-corrected chi connectivity index (χ2v) is 7.14. The lowest BCUT2D eigenvalue weighted by Gasteiger charge is -2.18. The van der Waals surface area contributed by atoms with E-state index in [1.807, 2.05) is 0 Å². The first kappa shape index (κ1) is 13.4. The molecule has 0 saturated carbocycles. The Morgan fingerprint density at radius 2 is 2.00 bits per heavy atom. The smallest absolute Gasteiger partial charge is 0.123 e. The van der Waals surface area contributed by atoms with Gasteiger partial charge in [-0.15, -0.1) is 0 Å². The van der Waals surface area contributed by atoms with Crippen molar-refractivity contribution >= 4 is 0 Å². The van der Waals surface area contributed by atoms with Crippen LogP contribution in [0.4, 0.5) is 0 Å². The highest BCUT2D eigenvalue weighted by atomic mass is 16.5. The minimum Gasteiger partial charge on any atom is -0.487 e. The highest BCUT2D eigenvalue weighted by molar-refractivity contribution is 5.41. The largest absolute Gasteiger partial charge is 0.487 e. The van der Waals surface area contributed by atoms with Crippen molar-refractivity contribution in [2.24, 2.45) is 5.41 Å². The van der Waals surface area contributed by atoms with Crippen LogP contribution in [0.2, 0.25) is 0 Å². The van der Waals surface area contributed by atoms with Crippen molar-refractivity contribution in [1.82, 2.24) is 5.32 Å². The summed E-state index contributed by atoms with van der Waals surface area (Å²) in [6.07, 6.45) is 1.01. The van der Waals surface area contributed by atoms with Gasteiger partial charge in [0.05, 0.1) is 0 Å². The quantitative estimate of drug-likeness (QED) is 0.882. The number of ether oxygens (including phenoxy) is 1. The lowest BCUT2D eigenvalue weighted by atomic mass is 9.96. The predicted octanol–water partition coefficient (Wildman–Crippen LogP) is 3.54. The van der Waals surface area contributed by atoms with Crippen LogP contribution in [0, 0.1) is 5.41 Å². The van der Waals surface area contributed by atoms with E-state index in [4.69, 9.17) is 4.74 Å². The van der Waals surface area contributed by atoms with Crippen LogP contribution in [-0.4, -0.2) is 12.1 Å². The Hall–Kier alpha value is -1.02. The Balaban J connectivity index is 1.97. The molecule has 1 aliphatic rings. The average Bonchev–Trinajstić information content (AvgIpc) is 2.49. The first-order chi connectivity index (χ1) is 8.25. The Bertz CT molecular complexity index is 429. The van der Waals surface area contributed by atoms with Crippen LogP contribution in [-0.2, 0) is 13.0 Å². The summed E-state index contributed by atoms with van der Waals surface area (Å²) in [6.45, 7) is 13.0. The van der Waals surface area contributed by atoms with Gasteiger partial charge in [-0.3, -0.25) is 0 Å². The van der Waals surface area contributed by atoms with Crippen LogP contribution in [0.25, 0.3) is 0 Å². The Kier molecular flexibility index (Phi) is 3.41. The maximum Gasteiger partial charge on any atom is 0.123 e. The molecule has 0 saturated heterocycles. The Labute approximate surface area is 111 Å². The van der Waals surface area contributed by atoms with Gasteiger partial charge in [0.1, 0.15) is 11.4 Å². The standard InChI is InChI=1S/C16H25NO/c1-15(2,3)11-17-10-12-6-7-14-13(8-12)9-16(4,5)18-14/h6-8,17H,9-11H2,1-5H3. The molecule has 18 heavy (non-hydrogen) atoms. The van der Waals surface area contributed by atoms with Crippen LogP contribution >= 0.6 is 0 Å². The molecular weight excluding hydrogens is 222 g/mol. The number of nitrogens with one attached hydrogen (secondary N) is 1. The molecule has 100 valence electrons. The molecule has 0 unspecified atom stereocenters. The first-order valence-electron chi connectivity index (χ1n) is 6.77. The zero-order chi connectivity index (χ0) is 13.4. The molecule has 0 bridgehead atoms. The highest BCUT2D eigenvalue weighted by Gasteiger charge is 2.29. The van der Waals surface area contributed by atoms with Gasteiger partial charge in [-0.2, -0.15) is 0 Å². The van der Waals surface area contributed by atoms with Crippen molar-refractivity contribution in [1.29, 1.82) is 0 Å². The maximum absolute atomic E-state index is 5.89. The van der Waals surface area contributed by atoms with Gasteiger partial charge in [-0.1, -0.05) is 32.9 Å². The van der Waals surface area contributed by atoms with Gasteiger partial charge in [0.25, 0.3) is 0 Å². The van der Waals surface area contributed by atoms with Crippen molar-refractivity contribution in [2.75, 3.05) is 6.54 Å². The molecule has 1 aromatic rings. The summed E-state index contributed by atoms with van der Waals surface area (Å²) < 4.78 is 5.89. The predicted molar refractivity (Wildman–Crippen MR) is 76.0 cm³/mol. The van der Waals surface area contributed by atoms with Crippen molar-refractivity contribution in [2.45, 2.75) is 53.2 Å². The minimum atomic E-state index is -0.0419. The van der Waals surface area contributed by atoms with E-state index in [1.54, 1.807) is 0 Å². The molecule has 0 aromatic heterocycles. The summed E-state index contributed by atoms with van der Waals surface area (Å²) in [7, 11) is 0. The van der Waals surface area contributed by atoms with Crippen molar-refractivity contribution in [3.8, 4) is 5.75 Å². The highest BCUT2D eigenvalue weighted by Crippen LogP contribution is 2.35. The van der Waals surface area contributed by atoms with Gasteiger partial charge in [-0.05, 0) is 36.5 Å². The average molecular weight is 247 g/mol. The summed E-state index contributed by atoms with van der Waals surface area (Å²) in [4.78, 5) is 0. The Morgan fingerprint density at radius 3 is 2.67 bits per heavy atom. The zero-order valence-electron chi connectivity index (χ0n) is 12.3. The monoisotopic (exact) mass is 247 g/mol. The van der Waals surface area contributed by atoms with E-state index in [9.17, 15) is 0 Å². The summed E-state index contributed by atoms with van der Waals surface area (Å²) in [5, 5.41) is 3.51. The van der Waals surface area contributed by atoms with Crippen LogP contribution in [0.15, 0.2) is 18.2 Å². The fraction of sp³-hybridized carbons (Fsp3) is 0.625. The van der Waals surface area contributed by atoms with E-state index >= 15 is 0 Å². The molecule has 0 spiro atoms. The molecular formula is C16H25NO. The molecule has 0 aliphatic carbocycles. The third kappa shape index (κ3) is 3.49. The van der Waals surface area contributed by atoms with E-state index in [2.05, 4.69) is 58.1 Å². The molecule has 1 aliphatic heterocycles. The third-order valence-corrected chi connectivity index (χ3v) is 3.11. The van der Waals surface area contributed by atoms with Gasteiger partial charge >= 0.3 is 0 Å². The molecule has 1 N–H and O–H groups in total. The van der Waals surface area contributed by atoms with Gasteiger partial charge in [-0.25, -0.2) is 0 Å². The zero-order valence-corrected chi connectivity index (χ0v) is 12.3. The molecule has 2 nitrogen and oxygen atoms in total. The molecule has 1 heterocycles. The van der Waals surface area contributed by atoms with E-state index in [0.29, 0.717) is 5.41 Å². The lowest BCUT2D eigenvalue weighted by molar-refractivity contribution is 0.138. The summed E-state index contributed by atoms with van der Waals surface area (Å²) in [5.74, 6) is 1.06. The molecule has 0 amide bonds. The summed E-state index contributed by atoms with van der Waals surface area (Å²) >= 11 is 0. The second-order valence-electron chi connectivity index (χ2n) is 7.14. The molecule has 0 fully saturated rings. The van der Waals surface area contributed by atoms with E-state index < -0.39 is 0 Å². The lowest BCUT2D eigenvalue weighted by Crippen LogP contribution is -2.26. The van der Waals surface area contributed by atoms with Crippen LogP contribution in [0.3, 0.4) is 0 Å². The fourth-order valence-electron chi connectivity index (χ4n) is 2.35. The summed E-state index contributed by atoms with van der Waals surface area (Å²) in [5.41, 5.74) is 2.98. The normalized spacial score (nSPS) is 17.4. The molecule has 2 rings (SSSR count). The maximum atomic E-state index is 5.89. The van der Waals surface area contributed by atoms with Crippen LogP contribution in [0.1, 0.15) is 45.7 Å². The Morgan fingerprint density at radius 1 is 1.28 bits per heavy atom. The SMILES string of the molecule is CC(C)(C)CNCc1ccc2c(c1)CC(C)(C)O2. The van der Waals surface area contributed by atoms with Crippen LogP contribution < -0.4 is 10.1 Å². The third-order valence-electron chi connectivity index (χ3n) is 3.11. The number of fused-ring (bicyclic) bond motifs is 1. The van der Waals surface area contributed by atoms with Gasteiger partial charge in [0.2, 0.25) is 0 Å². The molecule has 0 atom stereocenters. The van der Waals surface area contributed by atoms with E-state index in [-0.39, 0.29) is 5.60 Å². The van der Waals surface area contributed by atoms with Crippen molar-refractivity contribution in [3.63, 3.8) is 0 Å². The summed E-state index contributed by atoms with van der Waals surface area (Å²) in [6, 6.07) is 6.55. The first-order valence-corrected chi connectivity index (χ1v) is 6.77. The van der Waals surface area contributed by atoms with Gasteiger partial charge in [0, 0.05) is 19.5 Å². The van der Waals surface area contributed by atoms with Gasteiger partial charge < -0.3 is 10.1 Å². The number of hydrogen-bond donors (Lipinski definition) is 1. The van der Waals surface area contributed by atoms with E-state index in [1.165, 1.54) is 11.1 Å². The van der Waals surface area contributed by atoms with Crippen LogP contribution in [0.5, 0.6) is 5.75 Å².